The van der Waals surface area contributed by atoms with Gasteiger partial charge in [-0.15, -0.1) is 0 Å². The van der Waals surface area contributed by atoms with Crippen LogP contribution >= 0.6 is 22.6 Å². The monoisotopic (exact) mass is 340 g/mol. The van der Waals surface area contributed by atoms with Crippen molar-refractivity contribution in [1.82, 2.24) is 4.98 Å². The summed E-state index contributed by atoms with van der Waals surface area (Å²) in [5.41, 5.74) is 2.14. The third-order valence-corrected chi connectivity index (χ3v) is 3.09. The highest BCUT2D eigenvalue weighted by Crippen LogP contribution is 2.16. The van der Waals surface area contributed by atoms with E-state index < -0.39 is 0 Å². The maximum atomic E-state index is 5.20. The Morgan fingerprint density at radius 2 is 2.00 bits per heavy atom. The van der Waals surface area contributed by atoms with E-state index in [2.05, 4.69) is 57.2 Å². The summed E-state index contributed by atoms with van der Waals surface area (Å²) < 4.78 is 6.43. The van der Waals surface area contributed by atoms with Gasteiger partial charge in [0.05, 0.1) is 7.11 Å². The summed E-state index contributed by atoms with van der Waals surface area (Å²) in [6.07, 6.45) is 1.73. The fourth-order valence-electron chi connectivity index (χ4n) is 1.51. The quantitative estimate of drug-likeness (QED) is 0.868. The lowest BCUT2D eigenvalue weighted by atomic mass is 10.2. The van der Waals surface area contributed by atoms with Crippen molar-refractivity contribution in [3.8, 4) is 5.88 Å². The first kappa shape index (κ1) is 12.2. The van der Waals surface area contributed by atoms with Crippen LogP contribution in [0.1, 0.15) is 5.56 Å². The van der Waals surface area contributed by atoms with Crippen LogP contribution in [0.5, 0.6) is 5.88 Å². The van der Waals surface area contributed by atoms with Crippen molar-refractivity contribution < 1.29 is 4.74 Å². The number of halogens is 1. The van der Waals surface area contributed by atoms with E-state index in [-0.39, 0.29) is 0 Å². The van der Waals surface area contributed by atoms with Gasteiger partial charge in [0.2, 0.25) is 5.88 Å². The van der Waals surface area contributed by atoms with Crippen molar-refractivity contribution in [2.24, 2.45) is 0 Å². The van der Waals surface area contributed by atoms with E-state index in [4.69, 9.17) is 4.74 Å². The summed E-state index contributed by atoms with van der Waals surface area (Å²) in [6, 6.07) is 12.2. The van der Waals surface area contributed by atoms with Gasteiger partial charge in [0, 0.05) is 27.6 Å². The zero-order valence-electron chi connectivity index (χ0n) is 9.48. The fraction of sp³-hybridized carbons (Fsp3) is 0.154. The van der Waals surface area contributed by atoms with Crippen LogP contribution in [0.25, 0.3) is 0 Å². The molecule has 0 aliphatic rings. The summed E-state index contributed by atoms with van der Waals surface area (Å²) in [4.78, 5) is 4.16. The van der Waals surface area contributed by atoms with Gasteiger partial charge in [0.25, 0.3) is 0 Å². The molecular formula is C13H13IN2O. The van der Waals surface area contributed by atoms with Crippen LogP contribution < -0.4 is 10.1 Å². The second-order valence-corrected chi connectivity index (χ2v) is 4.78. The second kappa shape index (κ2) is 5.86. The molecular weight excluding hydrogens is 327 g/mol. The molecule has 0 fully saturated rings. The Balaban J connectivity index is 2.04. The van der Waals surface area contributed by atoms with E-state index in [1.807, 2.05) is 12.1 Å². The zero-order valence-corrected chi connectivity index (χ0v) is 11.6. The van der Waals surface area contributed by atoms with Crippen molar-refractivity contribution in [2.75, 3.05) is 12.4 Å². The van der Waals surface area contributed by atoms with Gasteiger partial charge in [0.1, 0.15) is 0 Å². The van der Waals surface area contributed by atoms with Crippen molar-refractivity contribution in [3.05, 3.63) is 51.7 Å². The van der Waals surface area contributed by atoms with Crippen LogP contribution in [0.15, 0.2) is 42.6 Å². The molecule has 0 saturated carbocycles. The molecule has 88 valence electrons. The molecule has 17 heavy (non-hydrogen) atoms. The summed E-state index contributed by atoms with van der Waals surface area (Å²) in [7, 11) is 1.64. The maximum Gasteiger partial charge on any atom is 0.218 e. The van der Waals surface area contributed by atoms with Gasteiger partial charge in [-0.3, -0.25) is 0 Å². The van der Waals surface area contributed by atoms with E-state index in [1.54, 1.807) is 13.3 Å². The van der Waals surface area contributed by atoms with Gasteiger partial charge in [-0.25, -0.2) is 4.98 Å². The molecule has 0 saturated heterocycles. The van der Waals surface area contributed by atoms with Gasteiger partial charge in [-0.05, 0) is 52.9 Å². The van der Waals surface area contributed by atoms with E-state index in [9.17, 15) is 0 Å². The lowest BCUT2D eigenvalue weighted by Crippen LogP contribution is -2.02. The molecule has 4 heteroatoms. The molecule has 0 aliphatic carbocycles. The van der Waals surface area contributed by atoms with Crippen LogP contribution in [0.3, 0.4) is 0 Å². The first-order valence-corrected chi connectivity index (χ1v) is 6.35. The van der Waals surface area contributed by atoms with Crippen LogP contribution in [-0.2, 0) is 6.54 Å². The van der Waals surface area contributed by atoms with Crippen LogP contribution in [-0.4, -0.2) is 12.1 Å². The number of rotatable bonds is 4. The zero-order chi connectivity index (χ0) is 12.1. The summed E-state index contributed by atoms with van der Waals surface area (Å²) in [6.45, 7) is 0.706. The third kappa shape index (κ3) is 3.33. The number of nitrogens with one attached hydrogen (secondary N) is 1. The molecule has 2 aromatic rings. The Morgan fingerprint density at radius 3 is 2.71 bits per heavy atom. The standard InChI is InChI=1S/C13H13IN2O/c1-17-13-10(3-2-8-15-13)9-16-12-6-4-11(14)5-7-12/h2-8,16H,9H2,1H3. The van der Waals surface area contributed by atoms with Crippen molar-refractivity contribution >= 4 is 28.3 Å². The SMILES string of the molecule is COc1ncccc1CNc1ccc(I)cc1. The van der Waals surface area contributed by atoms with Crippen molar-refractivity contribution in [1.29, 1.82) is 0 Å². The molecule has 0 spiro atoms. The Bertz CT molecular complexity index is 485. The predicted octanol–water partition coefficient (Wildman–Crippen LogP) is 3.31. The maximum absolute atomic E-state index is 5.20. The molecule has 0 atom stereocenters. The third-order valence-electron chi connectivity index (χ3n) is 2.37. The molecule has 1 N–H and O–H groups in total. The smallest absolute Gasteiger partial charge is 0.218 e. The Kier molecular flexibility index (Phi) is 4.19. The molecule has 0 bridgehead atoms. The topological polar surface area (TPSA) is 34.1 Å². The number of hydrogen-bond acceptors (Lipinski definition) is 3. The van der Waals surface area contributed by atoms with Gasteiger partial charge in [0.15, 0.2) is 0 Å². The normalized spacial score (nSPS) is 10.0. The van der Waals surface area contributed by atoms with E-state index in [0.29, 0.717) is 12.4 Å². The van der Waals surface area contributed by atoms with E-state index >= 15 is 0 Å². The number of hydrogen-bond donors (Lipinski definition) is 1. The molecule has 1 heterocycles. The molecule has 2 rings (SSSR count). The lowest BCUT2D eigenvalue weighted by Gasteiger charge is -2.09. The van der Waals surface area contributed by atoms with Crippen LogP contribution in [0, 0.1) is 3.57 Å². The summed E-state index contributed by atoms with van der Waals surface area (Å²) >= 11 is 2.29. The van der Waals surface area contributed by atoms with Crippen molar-refractivity contribution in [2.45, 2.75) is 6.54 Å². The highest BCUT2D eigenvalue weighted by Gasteiger charge is 2.02. The number of methoxy groups -OCH3 is 1. The molecule has 1 aromatic heterocycles. The van der Waals surface area contributed by atoms with Gasteiger partial charge in [-0.2, -0.15) is 0 Å². The molecule has 0 amide bonds. The minimum absolute atomic E-state index is 0.672. The number of nitrogens with zero attached hydrogens (tertiary/aromatic N) is 1. The van der Waals surface area contributed by atoms with Gasteiger partial charge >= 0.3 is 0 Å². The second-order valence-electron chi connectivity index (χ2n) is 3.53. The predicted molar refractivity (Wildman–Crippen MR) is 77.3 cm³/mol. The molecule has 0 unspecified atom stereocenters. The Labute approximate surface area is 114 Å². The number of benzene rings is 1. The number of anilines is 1. The van der Waals surface area contributed by atoms with Crippen LogP contribution in [0.2, 0.25) is 0 Å². The minimum atomic E-state index is 0.672. The summed E-state index contributed by atoms with van der Waals surface area (Å²) in [5.74, 6) is 0.672. The Morgan fingerprint density at radius 1 is 1.24 bits per heavy atom. The average molecular weight is 340 g/mol. The lowest BCUT2D eigenvalue weighted by molar-refractivity contribution is 0.393. The van der Waals surface area contributed by atoms with Crippen molar-refractivity contribution in [3.63, 3.8) is 0 Å². The Hall–Kier alpha value is -1.30. The number of aromatic nitrogens is 1. The highest BCUT2D eigenvalue weighted by molar-refractivity contribution is 14.1. The largest absolute Gasteiger partial charge is 0.481 e. The molecule has 0 radical (unpaired) electrons. The fourth-order valence-corrected chi connectivity index (χ4v) is 1.87. The molecule has 0 aliphatic heterocycles. The van der Waals surface area contributed by atoms with Crippen LogP contribution in [0.4, 0.5) is 5.69 Å². The van der Waals surface area contributed by atoms with E-state index in [0.717, 1.165) is 11.3 Å². The number of pyridine rings is 1. The summed E-state index contributed by atoms with van der Waals surface area (Å²) in [5, 5.41) is 3.34. The average Bonchev–Trinajstić information content (AvgIpc) is 2.38. The highest BCUT2D eigenvalue weighted by atomic mass is 127. The first-order valence-electron chi connectivity index (χ1n) is 5.27. The first-order chi connectivity index (χ1) is 8.29. The van der Waals surface area contributed by atoms with Gasteiger partial charge in [-0.1, -0.05) is 6.07 Å². The van der Waals surface area contributed by atoms with Gasteiger partial charge < -0.3 is 10.1 Å². The number of ether oxygens (including phenoxy) is 1. The molecule has 1 aromatic carbocycles. The minimum Gasteiger partial charge on any atom is -0.481 e. The molecule has 3 nitrogen and oxygen atoms in total. The van der Waals surface area contributed by atoms with E-state index in [1.165, 1.54) is 3.57 Å².